The Kier molecular flexibility index (Phi) is 3.01. The van der Waals surface area contributed by atoms with Crippen molar-refractivity contribution in [2.75, 3.05) is 20.3 Å². The van der Waals surface area contributed by atoms with Crippen LogP contribution in [0, 0.1) is 0 Å². The number of H-pyrrole nitrogens is 1. The molecule has 1 aromatic heterocycles. The summed E-state index contributed by atoms with van der Waals surface area (Å²) in [4.78, 5) is 18.2. The molecule has 1 N–H and O–H groups in total. The lowest BCUT2D eigenvalue weighted by molar-refractivity contribution is 0.0587. The molecule has 2 heterocycles. The van der Waals surface area contributed by atoms with Gasteiger partial charge in [-0.2, -0.15) is 0 Å². The molecule has 2 rings (SSSR count). The number of nitrogens with one attached hydrogen (secondary N) is 1. The van der Waals surface area contributed by atoms with Gasteiger partial charge in [0.25, 0.3) is 0 Å². The van der Waals surface area contributed by atoms with E-state index >= 15 is 0 Å². The van der Waals surface area contributed by atoms with Gasteiger partial charge in [-0.05, 0) is 12.8 Å². The minimum atomic E-state index is -0.423. The van der Waals surface area contributed by atoms with Crippen LogP contribution in [0.3, 0.4) is 0 Å². The molecule has 1 aliphatic rings. The molecule has 15 heavy (non-hydrogen) atoms. The topological polar surface area (TPSA) is 64.2 Å². The first kappa shape index (κ1) is 10.2. The van der Waals surface area contributed by atoms with Crippen molar-refractivity contribution in [3.8, 4) is 0 Å². The lowest BCUT2D eigenvalue weighted by Gasteiger charge is -2.20. The summed E-state index contributed by atoms with van der Waals surface area (Å²) in [5.41, 5.74) is 0.999. The van der Waals surface area contributed by atoms with Crippen molar-refractivity contribution in [3.05, 3.63) is 17.7 Å². The highest BCUT2D eigenvalue weighted by atomic mass is 16.5. The number of hydrogen-bond acceptors (Lipinski definition) is 4. The van der Waals surface area contributed by atoms with Gasteiger partial charge < -0.3 is 14.5 Å². The van der Waals surface area contributed by atoms with Gasteiger partial charge in [-0.15, -0.1) is 0 Å². The maximum absolute atomic E-state index is 11.2. The smallest absolute Gasteiger partial charge is 0.374 e. The van der Waals surface area contributed by atoms with Crippen molar-refractivity contribution in [2.45, 2.75) is 18.8 Å². The van der Waals surface area contributed by atoms with Crippen LogP contribution < -0.4 is 0 Å². The Labute approximate surface area is 87.8 Å². The molecule has 5 heteroatoms. The van der Waals surface area contributed by atoms with Gasteiger partial charge in [0.15, 0.2) is 0 Å². The van der Waals surface area contributed by atoms with Gasteiger partial charge >= 0.3 is 5.97 Å². The summed E-state index contributed by atoms with van der Waals surface area (Å²) in [7, 11) is 1.35. The minimum Gasteiger partial charge on any atom is -0.463 e. The number of carbonyl (C=O) groups is 1. The van der Waals surface area contributed by atoms with Gasteiger partial charge in [-0.25, -0.2) is 9.78 Å². The molecule has 5 nitrogen and oxygen atoms in total. The third-order valence-corrected chi connectivity index (χ3v) is 2.64. The van der Waals surface area contributed by atoms with Crippen LogP contribution in [0.1, 0.15) is 35.1 Å². The van der Waals surface area contributed by atoms with Crippen LogP contribution in [-0.2, 0) is 9.47 Å². The summed E-state index contributed by atoms with van der Waals surface area (Å²) in [5.74, 6) is 0.275. The molecule has 0 spiro atoms. The summed E-state index contributed by atoms with van der Waals surface area (Å²) in [6.45, 7) is 1.55. The summed E-state index contributed by atoms with van der Waals surface area (Å²) in [6, 6.07) is 0. The zero-order valence-electron chi connectivity index (χ0n) is 8.66. The normalized spacial score (nSPS) is 17.7. The fraction of sp³-hybridized carbons (Fsp3) is 0.600. The zero-order chi connectivity index (χ0) is 10.7. The summed E-state index contributed by atoms with van der Waals surface area (Å²) in [5, 5.41) is 0. The molecule has 82 valence electrons. The number of aromatic nitrogens is 2. The second-order valence-corrected chi connectivity index (χ2v) is 3.57. The van der Waals surface area contributed by atoms with Crippen molar-refractivity contribution in [2.24, 2.45) is 0 Å². The molecular formula is C10H14N2O3. The molecule has 0 bridgehead atoms. The van der Waals surface area contributed by atoms with Gasteiger partial charge in [0.1, 0.15) is 0 Å². The lowest BCUT2D eigenvalue weighted by atomic mass is 9.97. The molecule has 1 aromatic rings. The first-order valence-corrected chi connectivity index (χ1v) is 5.02. The van der Waals surface area contributed by atoms with E-state index in [1.807, 2.05) is 0 Å². The number of ether oxygens (including phenoxy) is 2. The monoisotopic (exact) mass is 210 g/mol. The molecule has 0 amide bonds. The Morgan fingerprint density at radius 2 is 2.33 bits per heavy atom. The van der Waals surface area contributed by atoms with E-state index in [4.69, 9.17) is 4.74 Å². The SMILES string of the molecule is COC(=O)c1ncc(C2CCOCC2)[nH]1. The van der Waals surface area contributed by atoms with E-state index in [0.717, 1.165) is 31.7 Å². The van der Waals surface area contributed by atoms with Crippen molar-refractivity contribution >= 4 is 5.97 Å². The molecule has 0 radical (unpaired) electrons. The van der Waals surface area contributed by atoms with Crippen LogP contribution in [0.15, 0.2) is 6.20 Å². The number of imidazole rings is 1. The third kappa shape index (κ3) is 2.18. The fourth-order valence-corrected chi connectivity index (χ4v) is 1.75. The second-order valence-electron chi connectivity index (χ2n) is 3.57. The fourth-order valence-electron chi connectivity index (χ4n) is 1.75. The van der Waals surface area contributed by atoms with Crippen LogP contribution in [0.4, 0.5) is 0 Å². The Morgan fingerprint density at radius 1 is 1.60 bits per heavy atom. The average Bonchev–Trinajstić information content (AvgIpc) is 2.78. The number of methoxy groups -OCH3 is 1. The summed E-state index contributed by atoms with van der Waals surface area (Å²) in [6.07, 6.45) is 3.66. The highest BCUT2D eigenvalue weighted by molar-refractivity contribution is 5.85. The predicted molar refractivity (Wildman–Crippen MR) is 52.7 cm³/mol. The van der Waals surface area contributed by atoms with E-state index < -0.39 is 5.97 Å². The van der Waals surface area contributed by atoms with E-state index in [1.165, 1.54) is 7.11 Å². The first-order valence-electron chi connectivity index (χ1n) is 5.02. The maximum atomic E-state index is 11.2. The highest BCUT2D eigenvalue weighted by Crippen LogP contribution is 2.25. The summed E-state index contributed by atoms with van der Waals surface area (Å²) < 4.78 is 9.85. The van der Waals surface area contributed by atoms with E-state index in [1.54, 1.807) is 6.20 Å². The minimum absolute atomic E-state index is 0.277. The Bertz CT molecular complexity index is 342. The standard InChI is InChI=1S/C10H14N2O3/c1-14-10(13)9-11-6-8(12-9)7-2-4-15-5-3-7/h6-7H,2-5H2,1H3,(H,11,12). The molecule has 0 saturated carbocycles. The number of rotatable bonds is 2. The van der Waals surface area contributed by atoms with Crippen LogP contribution >= 0.6 is 0 Å². The van der Waals surface area contributed by atoms with Gasteiger partial charge in [0.05, 0.1) is 7.11 Å². The van der Waals surface area contributed by atoms with Crippen molar-refractivity contribution < 1.29 is 14.3 Å². The molecule has 0 aliphatic carbocycles. The number of carbonyl (C=O) groups excluding carboxylic acids is 1. The number of nitrogens with zero attached hydrogens (tertiary/aromatic N) is 1. The molecule has 1 aliphatic heterocycles. The third-order valence-electron chi connectivity index (χ3n) is 2.64. The van der Waals surface area contributed by atoms with Crippen LogP contribution in [-0.4, -0.2) is 36.3 Å². The quantitative estimate of drug-likeness (QED) is 0.742. The Balaban J connectivity index is 2.08. The predicted octanol–water partition coefficient (Wildman–Crippen LogP) is 1.09. The maximum Gasteiger partial charge on any atom is 0.374 e. The van der Waals surface area contributed by atoms with Crippen LogP contribution in [0.25, 0.3) is 0 Å². The zero-order valence-corrected chi connectivity index (χ0v) is 8.66. The van der Waals surface area contributed by atoms with E-state index in [2.05, 4.69) is 14.7 Å². The number of esters is 1. The van der Waals surface area contributed by atoms with Gasteiger partial charge in [0.2, 0.25) is 5.82 Å². The van der Waals surface area contributed by atoms with E-state index in [0.29, 0.717) is 5.92 Å². The average molecular weight is 210 g/mol. The number of hydrogen-bond donors (Lipinski definition) is 1. The largest absolute Gasteiger partial charge is 0.463 e. The van der Waals surface area contributed by atoms with Crippen molar-refractivity contribution in [1.29, 1.82) is 0 Å². The lowest BCUT2D eigenvalue weighted by Crippen LogP contribution is -2.14. The van der Waals surface area contributed by atoms with Crippen molar-refractivity contribution in [1.82, 2.24) is 9.97 Å². The van der Waals surface area contributed by atoms with Crippen LogP contribution in [0.5, 0.6) is 0 Å². The first-order chi connectivity index (χ1) is 7.31. The van der Waals surface area contributed by atoms with Gasteiger partial charge in [-0.3, -0.25) is 0 Å². The van der Waals surface area contributed by atoms with Gasteiger partial charge in [0, 0.05) is 31.0 Å². The molecule has 1 saturated heterocycles. The summed E-state index contributed by atoms with van der Waals surface area (Å²) >= 11 is 0. The molecule has 0 atom stereocenters. The van der Waals surface area contributed by atoms with Crippen LogP contribution in [0.2, 0.25) is 0 Å². The van der Waals surface area contributed by atoms with E-state index in [9.17, 15) is 4.79 Å². The molecular weight excluding hydrogens is 196 g/mol. The Hall–Kier alpha value is -1.36. The molecule has 0 unspecified atom stereocenters. The van der Waals surface area contributed by atoms with Gasteiger partial charge in [-0.1, -0.05) is 0 Å². The van der Waals surface area contributed by atoms with Crippen molar-refractivity contribution in [3.63, 3.8) is 0 Å². The van der Waals surface area contributed by atoms with E-state index in [-0.39, 0.29) is 5.82 Å². The second kappa shape index (κ2) is 4.44. The molecule has 0 aromatic carbocycles. The highest BCUT2D eigenvalue weighted by Gasteiger charge is 2.19. The number of aromatic amines is 1. The molecule has 1 fully saturated rings. The Morgan fingerprint density at radius 3 is 3.00 bits per heavy atom.